The van der Waals surface area contributed by atoms with E-state index < -0.39 is 5.97 Å². The Labute approximate surface area is 179 Å². The van der Waals surface area contributed by atoms with Gasteiger partial charge in [-0.1, -0.05) is 48.5 Å². The van der Waals surface area contributed by atoms with Crippen LogP contribution in [0.4, 0.5) is 11.6 Å². The summed E-state index contributed by atoms with van der Waals surface area (Å²) in [6.07, 6.45) is 0. The third-order valence-corrected chi connectivity index (χ3v) is 5.26. The minimum absolute atomic E-state index is 0.267. The molecule has 0 amide bonds. The molecule has 0 radical (unpaired) electrons. The van der Waals surface area contributed by atoms with Crippen molar-refractivity contribution in [3.05, 3.63) is 108 Å². The Kier molecular flexibility index (Phi) is 4.77. The average Bonchev–Trinajstić information content (AvgIpc) is 2.82. The zero-order chi connectivity index (χ0) is 21.2. The topological polar surface area (TPSA) is 66.3 Å². The third-order valence-electron chi connectivity index (χ3n) is 5.26. The van der Waals surface area contributed by atoms with Crippen molar-refractivity contribution in [2.24, 2.45) is 0 Å². The van der Waals surface area contributed by atoms with Crippen LogP contribution in [0.15, 0.2) is 97.1 Å². The van der Waals surface area contributed by atoms with Crippen molar-refractivity contribution in [3.63, 3.8) is 0 Å². The molecule has 0 aliphatic rings. The Morgan fingerprint density at radius 1 is 0.677 bits per heavy atom. The highest BCUT2D eigenvalue weighted by Crippen LogP contribution is 2.28. The Morgan fingerprint density at radius 2 is 1.19 bits per heavy atom. The number of pyridine rings is 2. The first-order valence-corrected chi connectivity index (χ1v) is 9.99. The number of benzene rings is 3. The van der Waals surface area contributed by atoms with E-state index in [1.54, 1.807) is 12.1 Å². The van der Waals surface area contributed by atoms with Crippen molar-refractivity contribution in [1.82, 2.24) is 9.97 Å². The van der Waals surface area contributed by atoms with Crippen LogP contribution in [-0.2, 0) is 6.54 Å². The maximum atomic E-state index is 11.2. The molecule has 2 heterocycles. The summed E-state index contributed by atoms with van der Waals surface area (Å²) in [5.41, 5.74) is 3.05. The van der Waals surface area contributed by atoms with Crippen molar-refractivity contribution >= 4 is 39.4 Å². The smallest absolute Gasteiger partial charge is 0.335 e. The number of rotatable bonds is 5. The fourth-order valence-corrected chi connectivity index (χ4v) is 3.63. The van der Waals surface area contributed by atoms with Gasteiger partial charge < -0.3 is 10.0 Å². The Hall–Kier alpha value is -4.25. The molecule has 150 valence electrons. The predicted octanol–water partition coefficient (Wildman–Crippen LogP) is 5.82. The Morgan fingerprint density at radius 3 is 1.71 bits per heavy atom. The van der Waals surface area contributed by atoms with Gasteiger partial charge in [0.1, 0.15) is 11.6 Å². The number of fused-ring (bicyclic) bond motifs is 2. The maximum Gasteiger partial charge on any atom is 0.335 e. The summed E-state index contributed by atoms with van der Waals surface area (Å²) in [4.78, 5) is 23.0. The minimum Gasteiger partial charge on any atom is -0.478 e. The highest BCUT2D eigenvalue weighted by molar-refractivity contribution is 5.87. The molecule has 5 aromatic rings. The van der Waals surface area contributed by atoms with Crippen LogP contribution in [0.1, 0.15) is 15.9 Å². The first kappa shape index (κ1) is 18.8. The molecule has 0 unspecified atom stereocenters. The van der Waals surface area contributed by atoms with E-state index in [2.05, 4.69) is 17.0 Å². The van der Waals surface area contributed by atoms with Crippen molar-refractivity contribution in [3.8, 4) is 0 Å². The molecule has 0 aliphatic heterocycles. The van der Waals surface area contributed by atoms with Gasteiger partial charge in [-0.2, -0.15) is 0 Å². The van der Waals surface area contributed by atoms with Gasteiger partial charge in [-0.25, -0.2) is 14.8 Å². The molecule has 3 aromatic carbocycles. The fraction of sp³-hybridized carbons (Fsp3) is 0.0385. The number of carbonyl (C=O) groups is 1. The molecule has 0 saturated heterocycles. The number of para-hydroxylation sites is 2. The van der Waals surface area contributed by atoms with E-state index >= 15 is 0 Å². The van der Waals surface area contributed by atoms with E-state index in [1.807, 2.05) is 72.8 Å². The van der Waals surface area contributed by atoms with E-state index in [4.69, 9.17) is 9.97 Å². The largest absolute Gasteiger partial charge is 0.478 e. The second kappa shape index (κ2) is 7.88. The Balaban J connectivity index is 1.60. The molecule has 5 rings (SSSR count). The summed E-state index contributed by atoms with van der Waals surface area (Å²) in [7, 11) is 0. The van der Waals surface area contributed by atoms with Gasteiger partial charge in [0.05, 0.1) is 23.1 Å². The molecule has 0 fully saturated rings. The summed E-state index contributed by atoms with van der Waals surface area (Å²) in [5, 5.41) is 11.3. The average molecular weight is 405 g/mol. The zero-order valence-electron chi connectivity index (χ0n) is 16.6. The lowest BCUT2D eigenvalue weighted by Crippen LogP contribution is -2.19. The molecule has 0 atom stereocenters. The molecule has 0 aliphatic carbocycles. The van der Waals surface area contributed by atoms with Crippen LogP contribution in [0.25, 0.3) is 21.8 Å². The lowest BCUT2D eigenvalue weighted by molar-refractivity contribution is 0.0697. The summed E-state index contributed by atoms with van der Waals surface area (Å²) in [6, 6.07) is 31.0. The van der Waals surface area contributed by atoms with Crippen LogP contribution < -0.4 is 4.90 Å². The zero-order valence-corrected chi connectivity index (χ0v) is 16.6. The first-order chi connectivity index (χ1) is 15.2. The maximum absolute atomic E-state index is 11.2. The number of carboxylic acids is 1. The third kappa shape index (κ3) is 3.81. The molecular formula is C26H19N3O2. The normalized spacial score (nSPS) is 11.0. The molecule has 1 N–H and O–H groups in total. The lowest BCUT2D eigenvalue weighted by atomic mass is 10.1. The lowest BCUT2D eigenvalue weighted by Gasteiger charge is -2.24. The van der Waals surface area contributed by atoms with Crippen molar-refractivity contribution in [1.29, 1.82) is 0 Å². The van der Waals surface area contributed by atoms with Crippen LogP contribution in [0.2, 0.25) is 0 Å². The van der Waals surface area contributed by atoms with Crippen molar-refractivity contribution < 1.29 is 9.90 Å². The SMILES string of the molecule is O=C(O)c1ccc(CN(c2ccc3ccccc3n2)c2ccc3ccccc3n2)cc1. The van der Waals surface area contributed by atoms with Crippen LogP contribution in [0.3, 0.4) is 0 Å². The minimum atomic E-state index is -0.934. The van der Waals surface area contributed by atoms with Crippen LogP contribution in [-0.4, -0.2) is 21.0 Å². The van der Waals surface area contributed by atoms with Crippen molar-refractivity contribution in [2.45, 2.75) is 6.54 Å². The van der Waals surface area contributed by atoms with E-state index in [-0.39, 0.29) is 5.56 Å². The van der Waals surface area contributed by atoms with E-state index in [0.29, 0.717) is 6.54 Å². The molecule has 0 bridgehead atoms. The fourth-order valence-electron chi connectivity index (χ4n) is 3.63. The first-order valence-electron chi connectivity index (χ1n) is 9.99. The van der Waals surface area contributed by atoms with Gasteiger partial charge in [-0.3, -0.25) is 0 Å². The molecule has 31 heavy (non-hydrogen) atoms. The summed E-state index contributed by atoms with van der Waals surface area (Å²) in [5.74, 6) is 0.628. The highest BCUT2D eigenvalue weighted by Gasteiger charge is 2.15. The van der Waals surface area contributed by atoms with Crippen LogP contribution in [0.5, 0.6) is 0 Å². The van der Waals surface area contributed by atoms with Crippen molar-refractivity contribution in [2.75, 3.05) is 4.90 Å². The van der Waals surface area contributed by atoms with E-state index in [1.165, 1.54) is 0 Å². The number of anilines is 2. The van der Waals surface area contributed by atoms with Crippen LogP contribution >= 0.6 is 0 Å². The standard InChI is InChI=1S/C26H19N3O2/c30-26(31)21-11-9-18(10-12-21)17-29(24-15-13-19-5-1-3-7-22(19)27-24)25-16-14-20-6-2-4-8-23(20)28-25/h1-16H,17H2,(H,30,31). The van der Waals surface area contributed by atoms with Gasteiger partial charge in [0.15, 0.2) is 0 Å². The van der Waals surface area contributed by atoms with Crippen LogP contribution in [0, 0.1) is 0 Å². The predicted molar refractivity (Wildman–Crippen MR) is 123 cm³/mol. The quantitative estimate of drug-likeness (QED) is 0.399. The van der Waals surface area contributed by atoms with Gasteiger partial charge in [0.25, 0.3) is 0 Å². The molecule has 2 aromatic heterocycles. The van der Waals surface area contributed by atoms with Gasteiger partial charge in [0.2, 0.25) is 0 Å². The van der Waals surface area contributed by atoms with Gasteiger partial charge >= 0.3 is 5.97 Å². The number of aromatic nitrogens is 2. The molecule has 5 nitrogen and oxygen atoms in total. The number of aromatic carboxylic acids is 1. The molecular weight excluding hydrogens is 386 g/mol. The molecule has 5 heteroatoms. The number of hydrogen-bond acceptors (Lipinski definition) is 4. The Bertz CT molecular complexity index is 1320. The monoisotopic (exact) mass is 405 g/mol. The van der Waals surface area contributed by atoms with Gasteiger partial charge in [-0.15, -0.1) is 0 Å². The molecule has 0 spiro atoms. The molecule has 0 saturated carbocycles. The summed E-state index contributed by atoms with van der Waals surface area (Å²) in [6.45, 7) is 0.510. The summed E-state index contributed by atoms with van der Waals surface area (Å²) >= 11 is 0. The number of hydrogen-bond donors (Lipinski definition) is 1. The van der Waals surface area contributed by atoms with E-state index in [9.17, 15) is 9.90 Å². The number of nitrogens with zero attached hydrogens (tertiary/aromatic N) is 3. The number of carboxylic acid groups (broad SMARTS) is 1. The second-order valence-corrected chi connectivity index (χ2v) is 7.31. The van der Waals surface area contributed by atoms with Gasteiger partial charge in [0, 0.05) is 10.8 Å². The second-order valence-electron chi connectivity index (χ2n) is 7.31. The van der Waals surface area contributed by atoms with E-state index in [0.717, 1.165) is 39.0 Å². The highest BCUT2D eigenvalue weighted by atomic mass is 16.4. The summed E-state index contributed by atoms with van der Waals surface area (Å²) < 4.78 is 0. The van der Waals surface area contributed by atoms with Gasteiger partial charge in [-0.05, 0) is 54.1 Å².